The highest BCUT2D eigenvalue weighted by molar-refractivity contribution is 7.22. The summed E-state index contributed by atoms with van der Waals surface area (Å²) in [5.74, 6) is -0.240. The maximum Gasteiger partial charge on any atom is 0.261 e. The fourth-order valence-electron chi connectivity index (χ4n) is 2.80. The minimum Gasteiger partial charge on any atom is -0.279 e. The summed E-state index contributed by atoms with van der Waals surface area (Å²) >= 11 is 19.8. The largest absolute Gasteiger partial charge is 0.279 e. The third kappa shape index (κ3) is 4.01. The van der Waals surface area contributed by atoms with Crippen LogP contribution in [0.4, 0.5) is 5.13 Å². The van der Waals surface area contributed by atoms with Crippen LogP contribution in [-0.4, -0.2) is 10.9 Å². The van der Waals surface area contributed by atoms with Crippen molar-refractivity contribution in [2.75, 3.05) is 4.90 Å². The fraction of sp³-hybridized carbons (Fsp3) is 0.0476. The van der Waals surface area contributed by atoms with Crippen molar-refractivity contribution in [2.24, 2.45) is 0 Å². The molecule has 28 heavy (non-hydrogen) atoms. The number of hydrogen-bond acceptors (Lipinski definition) is 3. The van der Waals surface area contributed by atoms with E-state index < -0.39 is 0 Å². The van der Waals surface area contributed by atoms with E-state index in [0.29, 0.717) is 32.3 Å². The Kier molecular flexibility index (Phi) is 5.56. The fourth-order valence-corrected chi connectivity index (χ4v) is 4.53. The highest BCUT2D eigenvalue weighted by Crippen LogP contribution is 2.33. The summed E-state index contributed by atoms with van der Waals surface area (Å²) in [7, 11) is 0. The van der Waals surface area contributed by atoms with Gasteiger partial charge in [-0.05, 0) is 42.0 Å². The number of halogens is 3. The molecule has 3 nitrogen and oxygen atoms in total. The van der Waals surface area contributed by atoms with Crippen molar-refractivity contribution in [1.82, 2.24) is 4.98 Å². The first-order valence-electron chi connectivity index (χ1n) is 8.38. The summed E-state index contributed by atoms with van der Waals surface area (Å²) in [6.07, 6.45) is 0. The Labute approximate surface area is 181 Å². The highest BCUT2D eigenvalue weighted by Gasteiger charge is 2.23. The molecule has 0 fully saturated rings. The SMILES string of the molecule is O=C(c1ccc(Cl)cc1Cl)N(Cc1ccccc1)c1nc2ccc(Cl)cc2s1. The molecule has 1 heterocycles. The molecule has 0 saturated heterocycles. The Morgan fingerprint density at radius 2 is 1.64 bits per heavy atom. The molecule has 0 N–H and O–H groups in total. The third-order valence-corrected chi connectivity index (χ3v) is 5.98. The van der Waals surface area contributed by atoms with Gasteiger partial charge in [-0.15, -0.1) is 0 Å². The second kappa shape index (κ2) is 8.10. The zero-order valence-electron chi connectivity index (χ0n) is 14.4. The number of amides is 1. The van der Waals surface area contributed by atoms with Crippen LogP contribution in [0.2, 0.25) is 15.1 Å². The topological polar surface area (TPSA) is 33.2 Å². The first kappa shape index (κ1) is 19.2. The first-order chi connectivity index (χ1) is 13.5. The number of thiazole rings is 1. The van der Waals surface area contributed by atoms with Crippen LogP contribution >= 0.6 is 46.1 Å². The lowest BCUT2D eigenvalue weighted by molar-refractivity contribution is 0.0985. The van der Waals surface area contributed by atoms with Crippen LogP contribution in [0.1, 0.15) is 15.9 Å². The lowest BCUT2D eigenvalue weighted by Gasteiger charge is -2.20. The number of fused-ring (bicyclic) bond motifs is 1. The Morgan fingerprint density at radius 3 is 2.39 bits per heavy atom. The lowest BCUT2D eigenvalue weighted by atomic mass is 10.1. The smallest absolute Gasteiger partial charge is 0.261 e. The second-order valence-electron chi connectivity index (χ2n) is 6.11. The monoisotopic (exact) mass is 446 g/mol. The molecular formula is C21H13Cl3N2OS. The average molecular weight is 448 g/mol. The molecule has 3 aromatic carbocycles. The van der Waals surface area contributed by atoms with E-state index in [1.165, 1.54) is 11.3 Å². The quantitative estimate of drug-likeness (QED) is 0.334. The van der Waals surface area contributed by atoms with Gasteiger partial charge in [0.05, 0.1) is 27.3 Å². The predicted molar refractivity (Wildman–Crippen MR) is 118 cm³/mol. The molecule has 1 aromatic heterocycles. The van der Waals surface area contributed by atoms with E-state index in [-0.39, 0.29) is 5.91 Å². The number of anilines is 1. The van der Waals surface area contributed by atoms with Crippen molar-refractivity contribution in [3.8, 4) is 0 Å². The number of carbonyl (C=O) groups excluding carboxylic acids is 1. The molecule has 0 saturated carbocycles. The average Bonchev–Trinajstić information content (AvgIpc) is 3.09. The van der Waals surface area contributed by atoms with Crippen LogP contribution in [-0.2, 0) is 6.54 Å². The van der Waals surface area contributed by atoms with Crippen LogP contribution in [0, 0.1) is 0 Å². The normalized spacial score (nSPS) is 11.0. The molecule has 0 aliphatic heterocycles. The molecule has 0 aliphatic carbocycles. The summed E-state index contributed by atoms with van der Waals surface area (Å²) in [5, 5.41) is 1.99. The van der Waals surface area contributed by atoms with Gasteiger partial charge in [0.1, 0.15) is 0 Å². The van der Waals surface area contributed by atoms with Crippen molar-refractivity contribution in [3.05, 3.63) is 92.9 Å². The second-order valence-corrected chi connectivity index (χ2v) is 8.40. The molecule has 0 aliphatic rings. The zero-order chi connectivity index (χ0) is 19.7. The summed E-state index contributed by atoms with van der Waals surface area (Å²) in [6.45, 7) is 0.367. The van der Waals surface area contributed by atoms with Gasteiger partial charge < -0.3 is 0 Å². The predicted octanol–water partition coefficient (Wildman–Crippen LogP) is 7.10. The Bertz CT molecular complexity index is 1160. The zero-order valence-corrected chi connectivity index (χ0v) is 17.5. The highest BCUT2D eigenvalue weighted by atomic mass is 35.5. The number of benzene rings is 3. The molecule has 4 rings (SSSR count). The van der Waals surface area contributed by atoms with Gasteiger partial charge in [-0.1, -0.05) is 76.5 Å². The minimum absolute atomic E-state index is 0.240. The Morgan fingerprint density at radius 1 is 0.929 bits per heavy atom. The van der Waals surface area contributed by atoms with E-state index in [9.17, 15) is 4.79 Å². The first-order valence-corrected chi connectivity index (χ1v) is 10.3. The van der Waals surface area contributed by atoms with E-state index in [1.54, 1.807) is 29.2 Å². The minimum atomic E-state index is -0.240. The van der Waals surface area contributed by atoms with Crippen molar-refractivity contribution in [2.45, 2.75) is 6.54 Å². The van der Waals surface area contributed by atoms with Crippen LogP contribution in [0.15, 0.2) is 66.7 Å². The van der Waals surface area contributed by atoms with Crippen molar-refractivity contribution >= 4 is 67.4 Å². The maximum absolute atomic E-state index is 13.4. The summed E-state index contributed by atoms with van der Waals surface area (Å²) < 4.78 is 0.913. The summed E-state index contributed by atoms with van der Waals surface area (Å²) in [6, 6.07) is 20.1. The molecule has 0 bridgehead atoms. The molecule has 1 amide bonds. The van der Waals surface area contributed by atoms with E-state index in [2.05, 4.69) is 4.98 Å². The van der Waals surface area contributed by atoms with Crippen LogP contribution < -0.4 is 4.90 Å². The van der Waals surface area contributed by atoms with E-state index >= 15 is 0 Å². The van der Waals surface area contributed by atoms with Gasteiger partial charge in [-0.2, -0.15) is 0 Å². The number of carbonyl (C=O) groups is 1. The number of nitrogens with zero attached hydrogens (tertiary/aromatic N) is 2. The Hall–Kier alpha value is -2.11. The summed E-state index contributed by atoms with van der Waals surface area (Å²) in [5.41, 5.74) is 2.15. The van der Waals surface area contributed by atoms with Crippen LogP contribution in [0.25, 0.3) is 10.2 Å². The van der Waals surface area contributed by atoms with Gasteiger partial charge in [0.15, 0.2) is 5.13 Å². The molecule has 0 atom stereocenters. The van der Waals surface area contributed by atoms with E-state index in [1.807, 2.05) is 42.5 Å². The number of rotatable bonds is 4. The van der Waals surface area contributed by atoms with Gasteiger partial charge in [0.25, 0.3) is 5.91 Å². The molecule has 7 heteroatoms. The molecule has 140 valence electrons. The van der Waals surface area contributed by atoms with E-state index in [4.69, 9.17) is 34.8 Å². The lowest BCUT2D eigenvalue weighted by Crippen LogP contribution is -2.30. The number of aromatic nitrogens is 1. The van der Waals surface area contributed by atoms with Crippen LogP contribution in [0.5, 0.6) is 0 Å². The van der Waals surface area contributed by atoms with Gasteiger partial charge in [0.2, 0.25) is 0 Å². The molecule has 0 unspecified atom stereocenters. The van der Waals surface area contributed by atoms with Gasteiger partial charge in [-0.3, -0.25) is 9.69 Å². The Balaban J connectivity index is 1.79. The standard InChI is InChI=1S/C21H13Cl3N2OS/c22-14-6-8-16(17(24)10-14)20(27)26(12-13-4-2-1-3-5-13)21-25-18-9-7-15(23)11-19(18)28-21/h1-11H,12H2. The van der Waals surface area contributed by atoms with Gasteiger partial charge in [0, 0.05) is 10.0 Å². The molecule has 0 spiro atoms. The molecular weight excluding hydrogens is 435 g/mol. The van der Waals surface area contributed by atoms with E-state index in [0.717, 1.165) is 15.8 Å². The molecule has 4 aromatic rings. The van der Waals surface area contributed by atoms with Gasteiger partial charge in [-0.25, -0.2) is 4.98 Å². The van der Waals surface area contributed by atoms with Crippen molar-refractivity contribution in [1.29, 1.82) is 0 Å². The van der Waals surface area contributed by atoms with Crippen molar-refractivity contribution in [3.63, 3.8) is 0 Å². The van der Waals surface area contributed by atoms with Gasteiger partial charge >= 0.3 is 0 Å². The summed E-state index contributed by atoms with van der Waals surface area (Å²) in [4.78, 5) is 19.6. The number of hydrogen-bond donors (Lipinski definition) is 0. The van der Waals surface area contributed by atoms with Crippen molar-refractivity contribution < 1.29 is 4.79 Å². The third-order valence-electron chi connectivity index (χ3n) is 4.16. The van der Waals surface area contributed by atoms with Crippen LogP contribution in [0.3, 0.4) is 0 Å². The maximum atomic E-state index is 13.4. The molecule has 0 radical (unpaired) electrons.